The molecular formula is C16H18N2O2. The minimum absolute atomic E-state index is 0.287. The fraction of sp³-hybridized carbons (Fsp3) is 0.312. The van der Waals surface area contributed by atoms with Gasteiger partial charge in [0.2, 0.25) is 0 Å². The molecule has 20 heavy (non-hydrogen) atoms. The van der Waals surface area contributed by atoms with E-state index in [1.807, 2.05) is 43.3 Å². The summed E-state index contributed by atoms with van der Waals surface area (Å²) in [6.07, 6.45) is 8.42. The average Bonchev–Trinajstić information content (AvgIpc) is 3.19. The van der Waals surface area contributed by atoms with Crippen molar-refractivity contribution in [1.29, 1.82) is 0 Å². The molecule has 0 atom stereocenters. The Morgan fingerprint density at radius 3 is 3.05 bits per heavy atom. The number of benzene rings is 1. The first kappa shape index (κ1) is 12.9. The monoisotopic (exact) mass is 270 g/mol. The summed E-state index contributed by atoms with van der Waals surface area (Å²) in [5, 5.41) is 3.39. The normalized spacial score (nSPS) is 14.8. The molecule has 1 aliphatic rings. The van der Waals surface area contributed by atoms with Crippen LogP contribution in [0.15, 0.2) is 41.0 Å². The summed E-state index contributed by atoms with van der Waals surface area (Å²) in [7, 11) is 0. The number of hydrogen-bond donors (Lipinski definition) is 1. The summed E-state index contributed by atoms with van der Waals surface area (Å²) < 4.78 is 11.1. The molecule has 104 valence electrons. The van der Waals surface area contributed by atoms with Gasteiger partial charge in [0.1, 0.15) is 12.0 Å². The maximum Gasteiger partial charge on any atom is 0.399 e. The van der Waals surface area contributed by atoms with E-state index in [1.54, 1.807) is 6.26 Å². The Balaban J connectivity index is 1.67. The fourth-order valence-corrected chi connectivity index (χ4v) is 1.94. The van der Waals surface area contributed by atoms with Gasteiger partial charge in [0.15, 0.2) is 0 Å². The Labute approximate surface area is 118 Å². The number of allylic oxidation sites excluding steroid dienone is 1. The molecule has 0 saturated heterocycles. The van der Waals surface area contributed by atoms with Crippen LogP contribution in [0, 0.1) is 0 Å². The van der Waals surface area contributed by atoms with Crippen LogP contribution < -0.4 is 10.1 Å². The molecule has 4 heteroatoms. The second-order valence-corrected chi connectivity index (χ2v) is 4.90. The molecule has 0 spiro atoms. The van der Waals surface area contributed by atoms with E-state index in [4.69, 9.17) is 9.15 Å². The lowest BCUT2D eigenvalue weighted by molar-refractivity contribution is 0.330. The van der Waals surface area contributed by atoms with Crippen LogP contribution in [0.1, 0.15) is 31.0 Å². The van der Waals surface area contributed by atoms with Crippen LogP contribution in [0.5, 0.6) is 11.8 Å². The van der Waals surface area contributed by atoms with Crippen LogP contribution in [-0.4, -0.2) is 11.0 Å². The Morgan fingerprint density at radius 2 is 2.25 bits per heavy atom. The second-order valence-electron chi connectivity index (χ2n) is 4.90. The highest BCUT2D eigenvalue weighted by Gasteiger charge is 2.20. The molecule has 1 fully saturated rings. The standard InChI is InChI=1S/C16H18N2O2/c1-2-5-12-6-3-4-7-15(12)20-16-18-14(11-19-16)10-17-13-8-9-13/h2-7,11,13,17H,8-10H2,1H3/b5-2+. The van der Waals surface area contributed by atoms with Gasteiger partial charge >= 0.3 is 6.08 Å². The van der Waals surface area contributed by atoms with Crippen molar-refractivity contribution >= 4 is 6.08 Å². The summed E-state index contributed by atoms with van der Waals surface area (Å²) in [6.45, 7) is 2.71. The molecule has 0 radical (unpaired) electrons. The number of nitrogens with one attached hydrogen (secondary N) is 1. The molecule has 0 aliphatic heterocycles. The molecule has 1 aliphatic carbocycles. The van der Waals surface area contributed by atoms with Gasteiger partial charge in [-0.3, -0.25) is 0 Å². The van der Waals surface area contributed by atoms with Gasteiger partial charge in [-0.1, -0.05) is 30.4 Å². The third kappa shape index (κ3) is 3.27. The van der Waals surface area contributed by atoms with E-state index in [2.05, 4.69) is 10.3 Å². The number of rotatable bonds is 6. The molecule has 1 saturated carbocycles. The molecule has 0 unspecified atom stereocenters. The Morgan fingerprint density at radius 1 is 1.40 bits per heavy atom. The van der Waals surface area contributed by atoms with Crippen LogP contribution in [0.4, 0.5) is 0 Å². The highest BCUT2D eigenvalue weighted by molar-refractivity contribution is 5.57. The number of oxazole rings is 1. The van der Waals surface area contributed by atoms with Crippen molar-refractivity contribution in [3.63, 3.8) is 0 Å². The van der Waals surface area contributed by atoms with Gasteiger partial charge in [-0.15, -0.1) is 0 Å². The first-order valence-corrected chi connectivity index (χ1v) is 6.92. The Hall–Kier alpha value is -2.07. The van der Waals surface area contributed by atoms with Crippen LogP contribution in [0.25, 0.3) is 6.08 Å². The van der Waals surface area contributed by atoms with E-state index in [0.717, 1.165) is 23.6 Å². The topological polar surface area (TPSA) is 47.3 Å². The highest BCUT2D eigenvalue weighted by atomic mass is 16.6. The van der Waals surface area contributed by atoms with Crippen molar-refractivity contribution in [1.82, 2.24) is 10.3 Å². The lowest BCUT2D eigenvalue weighted by Gasteiger charge is -2.04. The van der Waals surface area contributed by atoms with E-state index in [1.165, 1.54) is 12.8 Å². The van der Waals surface area contributed by atoms with Gasteiger partial charge < -0.3 is 14.5 Å². The predicted molar refractivity (Wildman–Crippen MR) is 77.6 cm³/mol. The molecule has 0 bridgehead atoms. The molecule has 1 aromatic carbocycles. The largest absolute Gasteiger partial charge is 0.417 e. The van der Waals surface area contributed by atoms with Crippen LogP contribution in [-0.2, 0) is 6.54 Å². The third-order valence-corrected chi connectivity index (χ3v) is 3.14. The zero-order valence-corrected chi connectivity index (χ0v) is 11.5. The van der Waals surface area contributed by atoms with Crippen LogP contribution in [0.3, 0.4) is 0 Å². The molecule has 1 heterocycles. The van der Waals surface area contributed by atoms with Crippen molar-refractivity contribution in [2.75, 3.05) is 0 Å². The Bertz CT molecular complexity index is 600. The molecule has 2 aromatic rings. The van der Waals surface area contributed by atoms with Gasteiger partial charge in [-0.2, -0.15) is 4.98 Å². The van der Waals surface area contributed by atoms with E-state index in [-0.39, 0.29) is 6.08 Å². The lowest BCUT2D eigenvalue weighted by Crippen LogP contribution is -2.15. The third-order valence-electron chi connectivity index (χ3n) is 3.14. The molecule has 1 aromatic heterocycles. The van der Waals surface area contributed by atoms with Crippen molar-refractivity contribution in [3.8, 4) is 11.8 Å². The highest BCUT2D eigenvalue weighted by Crippen LogP contribution is 2.26. The number of ether oxygens (including phenoxy) is 1. The predicted octanol–water partition coefficient (Wildman–Crippen LogP) is 3.75. The summed E-state index contributed by atoms with van der Waals surface area (Å²) in [5.41, 5.74) is 1.88. The SMILES string of the molecule is C/C=C/c1ccccc1Oc1nc(CNC2CC2)co1. The smallest absolute Gasteiger partial charge is 0.399 e. The van der Waals surface area contributed by atoms with Gasteiger partial charge in [-0.05, 0) is 25.8 Å². The van der Waals surface area contributed by atoms with E-state index < -0.39 is 0 Å². The molecular weight excluding hydrogens is 252 g/mol. The van der Waals surface area contributed by atoms with E-state index >= 15 is 0 Å². The number of aromatic nitrogens is 1. The second kappa shape index (κ2) is 5.92. The van der Waals surface area contributed by atoms with Crippen LogP contribution >= 0.6 is 0 Å². The van der Waals surface area contributed by atoms with Gasteiger partial charge in [0.25, 0.3) is 0 Å². The molecule has 1 N–H and O–H groups in total. The molecule has 3 rings (SSSR count). The maximum atomic E-state index is 5.71. The number of hydrogen-bond acceptors (Lipinski definition) is 4. The summed E-state index contributed by atoms with van der Waals surface area (Å²) in [5.74, 6) is 0.745. The first-order chi connectivity index (χ1) is 9.85. The van der Waals surface area contributed by atoms with Gasteiger partial charge in [-0.25, -0.2) is 0 Å². The summed E-state index contributed by atoms with van der Waals surface area (Å²) >= 11 is 0. The van der Waals surface area contributed by atoms with Crippen molar-refractivity contribution in [3.05, 3.63) is 47.9 Å². The first-order valence-electron chi connectivity index (χ1n) is 6.92. The summed E-state index contributed by atoms with van der Waals surface area (Å²) in [6, 6.07) is 8.46. The zero-order valence-electron chi connectivity index (χ0n) is 11.5. The van der Waals surface area contributed by atoms with Gasteiger partial charge in [0.05, 0.1) is 5.69 Å². The maximum absolute atomic E-state index is 5.71. The quantitative estimate of drug-likeness (QED) is 0.868. The lowest BCUT2D eigenvalue weighted by atomic mass is 10.2. The number of nitrogens with zero attached hydrogens (tertiary/aromatic N) is 1. The minimum atomic E-state index is 0.287. The van der Waals surface area contributed by atoms with Crippen molar-refractivity contribution in [2.24, 2.45) is 0 Å². The van der Waals surface area contributed by atoms with Crippen molar-refractivity contribution in [2.45, 2.75) is 32.4 Å². The van der Waals surface area contributed by atoms with E-state index in [9.17, 15) is 0 Å². The minimum Gasteiger partial charge on any atom is -0.417 e. The summed E-state index contributed by atoms with van der Waals surface area (Å²) in [4.78, 5) is 4.33. The van der Waals surface area contributed by atoms with Crippen LogP contribution in [0.2, 0.25) is 0 Å². The number of para-hydroxylation sites is 1. The fourth-order valence-electron chi connectivity index (χ4n) is 1.94. The average molecular weight is 270 g/mol. The molecule has 0 amide bonds. The zero-order chi connectivity index (χ0) is 13.8. The van der Waals surface area contributed by atoms with Gasteiger partial charge in [0, 0.05) is 18.2 Å². The Kier molecular flexibility index (Phi) is 3.83. The molecule has 4 nitrogen and oxygen atoms in total. The van der Waals surface area contributed by atoms with Crippen molar-refractivity contribution < 1.29 is 9.15 Å². The van der Waals surface area contributed by atoms with E-state index in [0.29, 0.717) is 6.04 Å².